The van der Waals surface area contributed by atoms with E-state index in [0.717, 1.165) is 15.6 Å². The first-order chi connectivity index (χ1) is 8.31. The molecule has 0 radical (unpaired) electrons. The minimum atomic E-state index is 0.681. The van der Waals surface area contributed by atoms with Crippen LogP contribution in [-0.2, 0) is 0 Å². The van der Waals surface area contributed by atoms with Crippen molar-refractivity contribution in [3.63, 3.8) is 0 Å². The van der Waals surface area contributed by atoms with E-state index in [9.17, 15) is 0 Å². The van der Waals surface area contributed by atoms with E-state index < -0.39 is 0 Å². The van der Waals surface area contributed by atoms with Crippen molar-refractivity contribution in [1.82, 2.24) is 0 Å². The van der Waals surface area contributed by atoms with Crippen LogP contribution in [0.5, 0.6) is 0 Å². The Labute approximate surface area is 109 Å². The highest BCUT2D eigenvalue weighted by molar-refractivity contribution is 9.15. The van der Waals surface area contributed by atoms with Crippen molar-refractivity contribution in [2.75, 3.05) is 0 Å². The van der Waals surface area contributed by atoms with E-state index in [0.29, 0.717) is 5.56 Å². The van der Waals surface area contributed by atoms with Crippen molar-refractivity contribution < 1.29 is 0 Å². The molecule has 82 valence electrons. The molecule has 2 heteroatoms. The average Bonchev–Trinajstić information content (AvgIpc) is 2.40. The summed E-state index contributed by atoms with van der Waals surface area (Å²) in [5.74, 6) is 0. The van der Waals surface area contributed by atoms with Crippen LogP contribution in [0.1, 0.15) is 16.7 Å². The molecule has 2 aromatic carbocycles. The van der Waals surface area contributed by atoms with Crippen LogP contribution >= 0.6 is 15.9 Å². The fourth-order valence-electron chi connectivity index (χ4n) is 1.54. The Hall–Kier alpha value is -1.85. The number of nitrogens with zero attached hydrogens (tertiary/aromatic N) is 1. The third-order valence-electron chi connectivity index (χ3n) is 2.41. The molecular weight excluding hydrogens is 274 g/mol. The molecule has 17 heavy (non-hydrogen) atoms. The summed E-state index contributed by atoms with van der Waals surface area (Å²) in [5, 5.41) is 9.01. The monoisotopic (exact) mass is 283 g/mol. The highest BCUT2D eigenvalue weighted by atomic mass is 79.9. The van der Waals surface area contributed by atoms with E-state index in [1.54, 1.807) is 0 Å². The maximum Gasteiger partial charge on any atom is 0.0997 e. The standard InChI is InChI=1S/C15H10BrN/c16-15(12-6-2-1-3-7-12)10-13-8-4-5-9-14(13)11-17/h1-10H/b15-10-. The molecular formula is C15H10BrN. The minimum Gasteiger partial charge on any atom is -0.192 e. The van der Waals surface area contributed by atoms with Gasteiger partial charge in [0.2, 0.25) is 0 Å². The largest absolute Gasteiger partial charge is 0.192 e. The summed E-state index contributed by atoms with van der Waals surface area (Å²) < 4.78 is 0.973. The molecule has 2 rings (SSSR count). The molecule has 0 fully saturated rings. The Bertz CT molecular complexity index is 579. The number of hydrogen-bond donors (Lipinski definition) is 0. The molecule has 0 amide bonds. The normalized spacial score (nSPS) is 10.9. The lowest BCUT2D eigenvalue weighted by atomic mass is 10.1. The van der Waals surface area contributed by atoms with Crippen LogP contribution in [0, 0.1) is 11.3 Å². The van der Waals surface area contributed by atoms with E-state index in [4.69, 9.17) is 5.26 Å². The summed E-state index contributed by atoms with van der Waals surface area (Å²) in [6.07, 6.45) is 1.97. The fraction of sp³-hybridized carbons (Fsp3) is 0. The maximum atomic E-state index is 9.01. The summed E-state index contributed by atoms with van der Waals surface area (Å²) in [7, 11) is 0. The molecule has 0 heterocycles. The van der Waals surface area contributed by atoms with Crippen LogP contribution in [0.15, 0.2) is 54.6 Å². The van der Waals surface area contributed by atoms with Crippen molar-refractivity contribution >= 4 is 26.5 Å². The highest BCUT2D eigenvalue weighted by Crippen LogP contribution is 2.24. The Morgan fingerprint density at radius 3 is 2.35 bits per heavy atom. The number of nitriles is 1. The molecule has 0 unspecified atom stereocenters. The van der Waals surface area contributed by atoms with Gasteiger partial charge < -0.3 is 0 Å². The molecule has 0 saturated heterocycles. The van der Waals surface area contributed by atoms with E-state index in [1.165, 1.54) is 0 Å². The van der Waals surface area contributed by atoms with Crippen molar-refractivity contribution in [1.29, 1.82) is 5.26 Å². The average molecular weight is 284 g/mol. The third-order valence-corrected chi connectivity index (χ3v) is 3.10. The first-order valence-electron chi connectivity index (χ1n) is 5.23. The highest BCUT2D eigenvalue weighted by Gasteiger charge is 2.00. The van der Waals surface area contributed by atoms with Gasteiger partial charge in [-0.2, -0.15) is 5.26 Å². The van der Waals surface area contributed by atoms with Gasteiger partial charge in [0.1, 0.15) is 0 Å². The lowest BCUT2D eigenvalue weighted by molar-refractivity contribution is 1.47. The number of hydrogen-bond acceptors (Lipinski definition) is 1. The van der Waals surface area contributed by atoms with Crippen LogP contribution in [0.3, 0.4) is 0 Å². The van der Waals surface area contributed by atoms with E-state index in [2.05, 4.69) is 22.0 Å². The van der Waals surface area contributed by atoms with E-state index in [-0.39, 0.29) is 0 Å². The fourth-order valence-corrected chi connectivity index (χ4v) is 2.05. The Balaban J connectivity index is 2.41. The van der Waals surface area contributed by atoms with Gasteiger partial charge in [0, 0.05) is 4.48 Å². The first kappa shape index (κ1) is 11.6. The number of halogens is 1. The second-order valence-corrected chi connectivity index (χ2v) is 4.41. The molecule has 0 bridgehead atoms. The van der Waals surface area contributed by atoms with Gasteiger partial charge in [-0.3, -0.25) is 0 Å². The summed E-state index contributed by atoms with van der Waals surface area (Å²) in [4.78, 5) is 0. The second-order valence-electron chi connectivity index (χ2n) is 3.56. The summed E-state index contributed by atoms with van der Waals surface area (Å²) in [6, 6.07) is 19.7. The zero-order valence-electron chi connectivity index (χ0n) is 9.10. The van der Waals surface area contributed by atoms with Crippen LogP contribution in [0.25, 0.3) is 10.6 Å². The van der Waals surface area contributed by atoms with Gasteiger partial charge in [-0.25, -0.2) is 0 Å². The predicted octanol–water partition coefficient (Wildman–Crippen LogP) is 4.45. The van der Waals surface area contributed by atoms with Crippen molar-refractivity contribution in [3.05, 3.63) is 71.3 Å². The lowest BCUT2D eigenvalue weighted by Crippen LogP contribution is -1.82. The molecule has 0 aliphatic rings. The summed E-state index contributed by atoms with van der Waals surface area (Å²) >= 11 is 3.54. The molecule has 0 aliphatic carbocycles. The SMILES string of the molecule is N#Cc1ccccc1/C=C(\Br)c1ccccc1. The van der Waals surface area contributed by atoms with Crippen molar-refractivity contribution in [3.8, 4) is 6.07 Å². The van der Waals surface area contributed by atoms with Crippen LogP contribution < -0.4 is 0 Å². The van der Waals surface area contributed by atoms with Gasteiger partial charge in [0.05, 0.1) is 11.6 Å². The van der Waals surface area contributed by atoms with Gasteiger partial charge in [-0.05, 0) is 23.3 Å². The minimum absolute atomic E-state index is 0.681. The second kappa shape index (κ2) is 5.47. The van der Waals surface area contributed by atoms with Crippen LogP contribution in [-0.4, -0.2) is 0 Å². The van der Waals surface area contributed by atoms with Crippen molar-refractivity contribution in [2.24, 2.45) is 0 Å². The summed E-state index contributed by atoms with van der Waals surface area (Å²) in [5.41, 5.74) is 2.70. The van der Waals surface area contributed by atoms with Gasteiger partial charge >= 0.3 is 0 Å². The number of benzene rings is 2. The smallest absolute Gasteiger partial charge is 0.0997 e. The van der Waals surface area contributed by atoms with Gasteiger partial charge in [-0.1, -0.05) is 64.5 Å². The Morgan fingerprint density at radius 1 is 1.00 bits per heavy atom. The van der Waals surface area contributed by atoms with Gasteiger partial charge in [0.25, 0.3) is 0 Å². The molecule has 0 aliphatic heterocycles. The Kier molecular flexibility index (Phi) is 3.74. The topological polar surface area (TPSA) is 23.8 Å². The predicted molar refractivity (Wildman–Crippen MR) is 74.4 cm³/mol. The molecule has 0 spiro atoms. The molecule has 1 nitrogen and oxygen atoms in total. The zero-order valence-corrected chi connectivity index (χ0v) is 10.7. The van der Waals surface area contributed by atoms with Crippen LogP contribution in [0.2, 0.25) is 0 Å². The third kappa shape index (κ3) is 2.83. The molecule has 0 N–H and O–H groups in total. The van der Waals surface area contributed by atoms with Gasteiger partial charge in [-0.15, -0.1) is 0 Å². The summed E-state index contributed by atoms with van der Waals surface area (Å²) in [6.45, 7) is 0. The zero-order chi connectivity index (χ0) is 12.1. The Morgan fingerprint density at radius 2 is 1.65 bits per heavy atom. The lowest BCUT2D eigenvalue weighted by Gasteiger charge is -2.01. The maximum absolute atomic E-state index is 9.01. The molecule has 0 saturated carbocycles. The molecule has 2 aromatic rings. The quantitative estimate of drug-likeness (QED) is 0.747. The van der Waals surface area contributed by atoms with E-state index in [1.807, 2.05) is 60.7 Å². The molecule has 0 aromatic heterocycles. The van der Waals surface area contributed by atoms with Crippen LogP contribution in [0.4, 0.5) is 0 Å². The first-order valence-corrected chi connectivity index (χ1v) is 6.02. The number of rotatable bonds is 2. The van der Waals surface area contributed by atoms with E-state index >= 15 is 0 Å². The van der Waals surface area contributed by atoms with Gasteiger partial charge in [0.15, 0.2) is 0 Å². The van der Waals surface area contributed by atoms with Crippen molar-refractivity contribution in [2.45, 2.75) is 0 Å². The molecule has 0 atom stereocenters.